The Balaban J connectivity index is 2.58. The van der Waals surface area contributed by atoms with Crippen LogP contribution in [0.4, 0.5) is 0 Å². The van der Waals surface area contributed by atoms with E-state index in [9.17, 15) is 0 Å². The first-order valence-electron chi connectivity index (χ1n) is 6.63. The summed E-state index contributed by atoms with van der Waals surface area (Å²) < 4.78 is 10.4. The van der Waals surface area contributed by atoms with Gasteiger partial charge in [-0.2, -0.15) is 0 Å². The highest BCUT2D eigenvalue weighted by atomic mass is 79.9. The minimum Gasteiger partial charge on any atom is -0.383 e. The summed E-state index contributed by atoms with van der Waals surface area (Å²) in [6.45, 7) is 4.41. The summed E-state index contributed by atoms with van der Waals surface area (Å²) in [6, 6.07) is 10.6. The molecule has 1 rings (SSSR count). The lowest BCUT2D eigenvalue weighted by molar-refractivity contribution is 0.111. The van der Waals surface area contributed by atoms with E-state index in [1.165, 1.54) is 5.56 Å². The molecule has 0 saturated heterocycles. The summed E-state index contributed by atoms with van der Waals surface area (Å²) >= 11 is 3.63. The van der Waals surface area contributed by atoms with Crippen molar-refractivity contribution in [1.29, 1.82) is 0 Å². The molecule has 0 aliphatic rings. The molecule has 0 N–H and O–H groups in total. The van der Waals surface area contributed by atoms with Gasteiger partial charge in [0.05, 0.1) is 13.2 Å². The Morgan fingerprint density at radius 2 is 1.63 bits per heavy atom. The third kappa shape index (κ3) is 6.52. The van der Waals surface area contributed by atoms with E-state index in [0.29, 0.717) is 5.92 Å². The van der Waals surface area contributed by atoms with E-state index >= 15 is 0 Å². The molecule has 4 heteroatoms. The van der Waals surface area contributed by atoms with Gasteiger partial charge in [-0.1, -0.05) is 46.3 Å². The minimum absolute atomic E-state index is 0.495. The van der Waals surface area contributed by atoms with Crippen LogP contribution in [0.3, 0.4) is 0 Å². The van der Waals surface area contributed by atoms with Gasteiger partial charge in [0, 0.05) is 45.1 Å². The summed E-state index contributed by atoms with van der Waals surface area (Å²) in [5.74, 6) is 0.495. The summed E-state index contributed by atoms with van der Waals surface area (Å²) in [7, 11) is 3.49. The Morgan fingerprint density at radius 1 is 1.05 bits per heavy atom. The number of ether oxygens (including phenoxy) is 2. The first kappa shape index (κ1) is 16.6. The Morgan fingerprint density at radius 3 is 2.11 bits per heavy atom. The minimum atomic E-state index is 0.495. The zero-order valence-electron chi connectivity index (χ0n) is 11.8. The molecule has 19 heavy (non-hydrogen) atoms. The average molecular weight is 330 g/mol. The molecule has 0 heterocycles. The fourth-order valence-corrected chi connectivity index (χ4v) is 2.59. The molecular formula is C15H24BrNO2. The quantitative estimate of drug-likeness (QED) is 0.616. The van der Waals surface area contributed by atoms with Crippen LogP contribution in [-0.4, -0.2) is 57.3 Å². The lowest BCUT2D eigenvalue weighted by atomic mass is 10.0. The Bertz CT molecular complexity index is 313. The van der Waals surface area contributed by atoms with Gasteiger partial charge in [-0.05, 0) is 5.56 Å². The normalized spacial score (nSPS) is 12.8. The second-order valence-electron chi connectivity index (χ2n) is 4.55. The van der Waals surface area contributed by atoms with Crippen molar-refractivity contribution in [3.63, 3.8) is 0 Å². The van der Waals surface area contributed by atoms with Crippen LogP contribution in [0.2, 0.25) is 0 Å². The number of hydrogen-bond donors (Lipinski definition) is 0. The van der Waals surface area contributed by atoms with Crippen LogP contribution >= 0.6 is 15.9 Å². The van der Waals surface area contributed by atoms with Crippen LogP contribution in [0.15, 0.2) is 30.3 Å². The van der Waals surface area contributed by atoms with Crippen molar-refractivity contribution in [3.8, 4) is 0 Å². The first-order valence-corrected chi connectivity index (χ1v) is 7.75. The van der Waals surface area contributed by atoms with E-state index in [1.807, 2.05) is 0 Å². The third-order valence-corrected chi connectivity index (χ3v) is 3.94. The summed E-state index contributed by atoms with van der Waals surface area (Å²) in [6.07, 6.45) is 0. The van der Waals surface area contributed by atoms with Gasteiger partial charge >= 0.3 is 0 Å². The van der Waals surface area contributed by atoms with E-state index in [1.54, 1.807) is 14.2 Å². The number of rotatable bonds is 10. The Kier molecular flexibility index (Phi) is 9.08. The van der Waals surface area contributed by atoms with Crippen LogP contribution in [0.5, 0.6) is 0 Å². The highest BCUT2D eigenvalue weighted by Gasteiger charge is 2.14. The molecule has 1 atom stereocenters. The molecule has 0 spiro atoms. The van der Waals surface area contributed by atoms with Crippen molar-refractivity contribution < 1.29 is 9.47 Å². The van der Waals surface area contributed by atoms with E-state index in [4.69, 9.17) is 9.47 Å². The maximum Gasteiger partial charge on any atom is 0.0589 e. The first-order chi connectivity index (χ1) is 9.31. The van der Waals surface area contributed by atoms with Gasteiger partial charge in [0.2, 0.25) is 0 Å². The zero-order valence-corrected chi connectivity index (χ0v) is 13.4. The number of methoxy groups -OCH3 is 2. The van der Waals surface area contributed by atoms with Crippen LogP contribution in [0.1, 0.15) is 11.5 Å². The van der Waals surface area contributed by atoms with Gasteiger partial charge in [-0.25, -0.2) is 0 Å². The molecule has 0 amide bonds. The van der Waals surface area contributed by atoms with Gasteiger partial charge in [0.15, 0.2) is 0 Å². The second-order valence-corrected chi connectivity index (χ2v) is 5.20. The van der Waals surface area contributed by atoms with Crippen molar-refractivity contribution >= 4 is 15.9 Å². The van der Waals surface area contributed by atoms with Gasteiger partial charge in [0.25, 0.3) is 0 Å². The summed E-state index contributed by atoms with van der Waals surface area (Å²) in [4.78, 5) is 2.39. The molecule has 0 aliphatic carbocycles. The molecule has 0 fully saturated rings. The monoisotopic (exact) mass is 329 g/mol. The predicted molar refractivity (Wildman–Crippen MR) is 83.2 cm³/mol. The summed E-state index contributed by atoms with van der Waals surface area (Å²) in [5.41, 5.74) is 1.37. The number of halogens is 1. The van der Waals surface area contributed by atoms with E-state index in [2.05, 4.69) is 51.2 Å². The molecule has 1 aromatic rings. The Hall–Kier alpha value is -0.420. The molecule has 0 radical (unpaired) electrons. The zero-order chi connectivity index (χ0) is 13.9. The molecule has 0 saturated carbocycles. The van der Waals surface area contributed by atoms with Crippen LogP contribution < -0.4 is 0 Å². The van der Waals surface area contributed by atoms with Crippen molar-refractivity contribution in [2.75, 3.05) is 52.4 Å². The van der Waals surface area contributed by atoms with Gasteiger partial charge < -0.3 is 9.47 Å². The van der Waals surface area contributed by atoms with Crippen molar-refractivity contribution in [2.24, 2.45) is 0 Å². The predicted octanol–water partition coefficient (Wildman–Crippen LogP) is 2.76. The maximum atomic E-state index is 5.18. The highest BCUT2D eigenvalue weighted by molar-refractivity contribution is 9.09. The molecule has 0 bridgehead atoms. The largest absolute Gasteiger partial charge is 0.383 e. The van der Waals surface area contributed by atoms with E-state index < -0.39 is 0 Å². The topological polar surface area (TPSA) is 21.7 Å². The number of alkyl halides is 1. The molecule has 0 aromatic heterocycles. The van der Waals surface area contributed by atoms with Crippen molar-refractivity contribution in [1.82, 2.24) is 4.90 Å². The van der Waals surface area contributed by atoms with Gasteiger partial charge in [-0.3, -0.25) is 4.90 Å². The van der Waals surface area contributed by atoms with Crippen LogP contribution in [-0.2, 0) is 9.47 Å². The second kappa shape index (κ2) is 10.4. The lowest BCUT2D eigenvalue weighted by Gasteiger charge is -2.26. The van der Waals surface area contributed by atoms with Gasteiger partial charge in [-0.15, -0.1) is 0 Å². The molecule has 108 valence electrons. The maximum absolute atomic E-state index is 5.18. The number of benzene rings is 1. The fourth-order valence-electron chi connectivity index (χ4n) is 2.02. The van der Waals surface area contributed by atoms with E-state index in [-0.39, 0.29) is 0 Å². The molecule has 3 nitrogen and oxygen atoms in total. The average Bonchev–Trinajstić information content (AvgIpc) is 2.47. The van der Waals surface area contributed by atoms with Crippen LogP contribution in [0, 0.1) is 0 Å². The number of hydrogen-bond acceptors (Lipinski definition) is 3. The van der Waals surface area contributed by atoms with Gasteiger partial charge in [0.1, 0.15) is 0 Å². The van der Waals surface area contributed by atoms with E-state index in [0.717, 1.165) is 38.2 Å². The smallest absolute Gasteiger partial charge is 0.0589 e. The van der Waals surface area contributed by atoms with Crippen molar-refractivity contribution in [2.45, 2.75) is 5.92 Å². The standard InChI is InChI=1S/C15H24BrNO2/c1-18-10-8-17(9-11-19-2)13-15(12-16)14-6-4-3-5-7-14/h3-7,15H,8-13H2,1-2H3. The fraction of sp³-hybridized carbons (Fsp3) is 0.600. The van der Waals surface area contributed by atoms with Crippen LogP contribution in [0.25, 0.3) is 0 Å². The SMILES string of the molecule is COCCN(CCOC)CC(CBr)c1ccccc1. The summed E-state index contributed by atoms with van der Waals surface area (Å²) in [5, 5.41) is 0.966. The Labute approximate surface area is 125 Å². The number of nitrogens with zero attached hydrogens (tertiary/aromatic N) is 1. The molecule has 0 aliphatic heterocycles. The molecular weight excluding hydrogens is 306 g/mol. The highest BCUT2D eigenvalue weighted by Crippen LogP contribution is 2.19. The third-order valence-electron chi connectivity index (χ3n) is 3.16. The van der Waals surface area contributed by atoms with Crippen molar-refractivity contribution in [3.05, 3.63) is 35.9 Å². The lowest BCUT2D eigenvalue weighted by Crippen LogP contribution is -2.34. The molecule has 1 unspecified atom stereocenters. The molecule has 1 aromatic carbocycles.